The number of carbonyl (C=O) groups is 2. The van der Waals surface area contributed by atoms with Crippen LogP contribution >= 0.6 is 23.5 Å². The molecule has 3 rings (SSSR count). The Morgan fingerprint density at radius 2 is 1.88 bits per heavy atom. The van der Waals surface area contributed by atoms with E-state index in [0.29, 0.717) is 36.5 Å². The predicted octanol–water partition coefficient (Wildman–Crippen LogP) is 4.54. The molecule has 1 heterocycles. The van der Waals surface area contributed by atoms with Crippen LogP contribution in [0.3, 0.4) is 0 Å². The molecule has 4 N–H and O–H groups in total. The second-order valence-corrected chi connectivity index (χ2v) is 9.84. The number of aryl methyl sites for hydroxylation is 1. The van der Waals surface area contributed by atoms with Gasteiger partial charge in [-0.05, 0) is 42.6 Å². The van der Waals surface area contributed by atoms with E-state index in [1.807, 2.05) is 42.1 Å². The highest BCUT2D eigenvalue weighted by Gasteiger charge is 2.18. The van der Waals surface area contributed by atoms with Gasteiger partial charge in [0, 0.05) is 33.4 Å². The van der Waals surface area contributed by atoms with E-state index in [1.165, 1.54) is 4.90 Å². The summed E-state index contributed by atoms with van der Waals surface area (Å²) >= 11 is 3.60. The first-order chi connectivity index (χ1) is 16.3. The summed E-state index contributed by atoms with van der Waals surface area (Å²) in [5, 5.41) is 29.6. The molecular formula is C25H31NO6S2. The molecule has 1 aliphatic heterocycles. The topological polar surface area (TPSA) is 116 Å². The summed E-state index contributed by atoms with van der Waals surface area (Å²) in [6.07, 6.45) is 1.98. The van der Waals surface area contributed by atoms with Gasteiger partial charge in [0.1, 0.15) is 18.1 Å². The fourth-order valence-corrected chi connectivity index (χ4v) is 5.07. The Bertz CT molecular complexity index is 939. The molecule has 0 saturated carbocycles. The number of phenols is 1. The zero-order valence-electron chi connectivity index (χ0n) is 19.3. The minimum atomic E-state index is -1.26. The van der Waals surface area contributed by atoms with E-state index < -0.39 is 11.9 Å². The number of carboxylic acids is 2. The summed E-state index contributed by atoms with van der Waals surface area (Å²) in [4.78, 5) is 21.3. The van der Waals surface area contributed by atoms with Crippen molar-refractivity contribution in [3.63, 3.8) is 0 Å². The quantitative estimate of drug-likeness (QED) is 0.288. The summed E-state index contributed by atoms with van der Waals surface area (Å²) in [5.41, 5.74) is 1.02. The van der Waals surface area contributed by atoms with Crippen LogP contribution in [0.15, 0.2) is 64.4 Å². The Morgan fingerprint density at radius 1 is 1.18 bits per heavy atom. The van der Waals surface area contributed by atoms with Gasteiger partial charge in [-0.1, -0.05) is 38.1 Å². The molecule has 34 heavy (non-hydrogen) atoms. The molecule has 9 heteroatoms. The van der Waals surface area contributed by atoms with Crippen LogP contribution in [0.5, 0.6) is 11.5 Å². The first-order valence-electron chi connectivity index (χ1n) is 11.0. The molecule has 7 nitrogen and oxygen atoms in total. The average Bonchev–Trinajstić information content (AvgIpc) is 3.03. The maximum absolute atomic E-state index is 10.3. The van der Waals surface area contributed by atoms with E-state index in [1.54, 1.807) is 11.8 Å². The number of ether oxygens (including phenoxy) is 1. The minimum Gasteiger partial charge on any atom is -0.506 e. The maximum Gasteiger partial charge on any atom is 0.328 e. The Hall–Kier alpha value is -2.62. The summed E-state index contributed by atoms with van der Waals surface area (Å²) in [5.74, 6) is 1.45. The van der Waals surface area contributed by atoms with Gasteiger partial charge in [-0.25, -0.2) is 9.59 Å². The number of hydrogen-bond acceptors (Lipinski definition) is 7. The van der Waals surface area contributed by atoms with Gasteiger partial charge >= 0.3 is 11.9 Å². The Balaban J connectivity index is 0.000000440. The lowest BCUT2D eigenvalue weighted by Crippen LogP contribution is -2.39. The van der Waals surface area contributed by atoms with Crippen LogP contribution in [0, 0.1) is 5.92 Å². The summed E-state index contributed by atoms with van der Waals surface area (Å²) in [6, 6.07) is 14.6. The number of nitrogens with one attached hydrogen (secondary N) is 1. The van der Waals surface area contributed by atoms with Crippen LogP contribution in [0.25, 0.3) is 0 Å². The van der Waals surface area contributed by atoms with Crippen molar-refractivity contribution in [2.45, 2.75) is 36.1 Å². The zero-order chi connectivity index (χ0) is 24.9. The highest BCUT2D eigenvalue weighted by molar-refractivity contribution is 7.99. The standard InChI is InChI=1S/C21H27NO2S2.C4H4O4/c1-3-16-7-6-10-20(21(16)23)25-13-15(2)11-22-17-12-24-18-8-4-5-9-19(18)26-14-17;5-3(6)1-2-4(7)8/h4-10,15,17,22-23H,3,11-14H2,1-2H3;1-2H,(H,5,6)(H,7,8)/b;2-1-/t15-,17+;/m0./s1. The molecule has 0 radical (unpaired) electrons. The lowest BCUT2D eigenvalue weighted by molar-refractivity contribution is -0.134. The summed E-state index contributed by atoms with van der Waals surface area (Å²) < 4.78 is 5.94. The molecule has 0 unspecified atom stereocenters. The number of phenolic OH excluding ortho intramolecular Hbond substituents is 1. The Labute approximate surface area is 208 Å². The van der Waals surface area contributed by atoms with Gasteiger partial charge < -0.3 is 25.4 Å². The van der Waals surface area contributed by atoms with Gasteiger partial charge in [0.2, 0.25) is 0 Å². The molecule has 2 aromatic rings. The largest absolute Gasteiger partial charge is 0.506 e. The molecular weight excluding hydrogens is 474 g/mol. The molecule has 2 aromatic carbocycles. The lowest BCUT2D eigenvalue weighted by Gasteiger charge is -2.19. The van der Waals surface area contributed by atoms with Gasteiger partial charge in [0.15, 0.2) is 0 Å². The van der Waals surface area contributed by atoms with Crippen LogP contribution in [0.2, 0.25) is 0 Å². The molecule has 0 spiro atoms. The smallest absolute Gasteiger partial charge is 0.328 e. The number of carboxylic acid groups (broad SMARTS) is 2. The van der Waals surface area contributed by atoms with Gasteiger partial charge in [-0.3, -0.25) is 0 Å². The Morgan fingerprint density at radius 3 is 2.56 bits per heavy atom. The van der Waals surface area contributed by atoms with Crippen LogP contribution < -0.4 is 10.1 Å². The molecule has 0 fully saturated rings. The molecule has 2 atom stereocenters. The minimum absolute atomic E-state index is 0.358. The number of benzene rings is 2. The molecule has 184 valence electrons. The van der Waals surface area contributed by atoms with Crippen LogP contribution in [0.4, 0.5) is 0 Å². The average molecular weight is 506 g/mol. The van der Waals surface area contributed by atoms with Crippen LogP contribution in [0.1, 0.15) is 19.4 Å². The Kier molecular flexibility index (Phi) is 11.9. The van der Waals surface area contributed by atoms with Gasteiger partial charge in [0.25, 0.3) is 0 Å². The molecule has 0 aliphatic carbocycles. The van der Waals surface area contributed by atoms with Crippen molar-refractivity contribution in [1.82, 2.24) is 5.32 Å². The predicted molar refractivity (Wildman–Crippen MR) is 136 cm³/mol. The number of fused-ring (bicyclic) bond motifs is 1. The highest BCUT2D eigenvalue weighted by atomic mass is 32.2. The first-order valence-corrected chi connectivity index (χ1v) is 12.9. The number of thioether (sulfide) groups is 2. The fraction of sp³-hybridized carbons (Fsp3) is 0.360. The SMILES string of the molecule is CCc1cccc(SC[C@@H](C)CN[C@@H]2COc3ccccc3SC2)c1O.O=C(O)/C=C\C(=O)O. The maximum atomic E-state index is 10.3. The van der Waals surface area contributed by atoms with E-state index in [4.69, 9.17) is 14.9 Å². The third-order valence-corrected chi connectivity index (χ3v) is 7.43. The van der Waals surface area contributed by atoms with E-state index in [9.17, 15) is 14.7 Å². The van der Waals surface area contributed by atoms with Crippen molar-refractivity contribution in [2.75, 3.05) is 24.7 Å². The lowest BCUT2D eigenvalue weighted by atomic mass is 10.1. The van der Waals surface area contributed by atoms with Crippen molar-refractivity contribution < 1.29 is 29.6 Å². The van der Waals surface area contributed by atoms with Crippen molar-refractivity contribution in [3.05, 3.63) is 60.2 Å². The number of aliphatic carboxylic acids is 2. The normalized spacial score (nSPS) is 15.9. The van der Waals surface area contributed by atoms with E-state index in [-0.39, 0.29) is 0 Å². The van der Waals surface area contributed by atoms with Crippen molar-refractivity contribution in [2.24, 2.45) is 5.92 Å². The van der Waals surface area contributed by atoms with Crippen LogP contribution in [-0.2, 0) is 16.0 Å². The second-order valence-electron chi connectivity index (χ2n) is 7.72. The molecule has 0 aromatic heterocycles. The number of hydrogen-bond donors (Lipinski definition) is 4. The van der Waals surface area contributed by atoms with Crippen molar-refractivity contribution in [3.8, 4) is 11.5 Å². The molecule has 1 aliphatic rings. The summed E-state index contributed by atoms with van der Waals surface area (Å²) in [6.45, 7) is 5.98. The summed E-state index contributed by atoms with van der Waals surface area (Å²) in [7, 11) is 0. The fourth-order valence-electron chi connectivity index (χ4n) is 3.01. The third kappa shape index (κ3) is 9.70. The first kappa shape index (κ1) is 27.6. The number of para-hydroxylation sites is 2. The van der Waals surface area contributed by atoms with Crippen molar-refractivity contribution in [1.29, 1.82) is 0 Å². The number of rotatable bonds is 9. The van der Waals surface area contributed by atoms with E-state index in [2.05, 4.69) is 31.3 Å². The molecule has 0 bridgehead atoms. The van der Waals surface area contributed by atoms with Gasteiger partial charge in [-0.2, -0.15) is 0 Å². The highest BCUT2D eigenvalue weighted by Crippen LogP contribution is 2.33. The molecule has 0 saturated heterocycles. The van der Waals surface area contributed by atoms with Crippen LogP contribution in [-0.4, -0.2) is 58.0 Å². The van der Waals surface area contributed by atoms with E-state index >= 15 is 0 Å². The van der Waals surface area contributed by atoms with E-state index in [0.717, 1.165) is 40.7 Å². The number of aromatic hydroxyl groups is 1. The van der Waals surface area contributed by atoms with Gasteiger partial charge in [0.05, 0.1) is 6.04 Å². The van der Waals surface area contributed by atoms with Crippen molar-refractivity contribution >= 4 is 35.5 Å². The zero-order valence-corrected chi connectivity index (χ0v) is 20.9. The molecule has 0 amide bonds. The third-order valence-electron chi connectivity index (χ3n) is 4.84. The van der Waals surface area contributed by atoms with Gasteiger partial charge in [-0.15, -0.1) is 23.5 Å². The second kappa shape index (κ2) is 14.6. The monoisotopic (exact) mass is 505 g/mol.